The van der Waals surface area contributed by atoms with Crippen LogP contribution in [-0.4, -0.2) is 61.0 Å². The van der Waals surface area contributed by atoms with Crippen LogP contribution in [0.2, 0.25) is 0 Å². The highest BCUT2D eigenvalue weighted by Gasteiger charge is 2.31. The van der Waals surface area contributed by atoms with Crippen molar-refractivity contribution in [2.75, 3.05) is 44.2 Å². The predicted molar refractivity (Wildman–Crippen MR) is 101 cm³/mol. The molecule has 0 heterocycles. The van der Waals surface area contributed by atoms with Crippen LogP contribution < -0.4 is 0 Å². The molecule has 2 nitrogen and oxygen atoms in total. The minimum Gasteiger partial charge on any atom is -0.326 e. The van der Waals surface area contributed by atoms with Crippen LogP contribution in [0.1, 0.15) is 60.3 Å². The highest BCUT2D eigenvalue weighted by molar-refractivity contribution is 8.32. The van der Waals surface area contributed by atoms with Crippen LogP contribution in [0.3, 0.4) is 0 Å². The Morgan fingerprint density at radius 2 is 1.62 bits per heavy atom. The van der Waals surface area contributed by atoms with Gasteiger partial charge < -0.3 is 9.22 Å². The molecule has 0 aliphatic heterocycles. The van der Waals surface area contributed by atoms with Gasteiger partial charge in [0.05, 0.1) is 26.2 Å². The highest BCUT2D eigenvalue weighted by atomic mass is 32.3. The monoisotopic (exact) mass is 320 g/mol. The summed E-state index contributed by atoms with van der Waals surface area (Å²) in [5.41, 5.74) is 0. The van der Waals surface area contributed by atoms with Gasteiger partial charge in [0.15, 0.2) is 6.23 Å². The normalized spacial score (nSPS) is 19.0. The number of nitrogens with zero attached hydrogens (tertiary/aromatic N) is 1. The van der Waals surface area contributed by atoms with Gasteiger partial charge >= 0.3 is 0 Å². The van der Waals surface area contributed by atoms with Gasteiger partial charge in [-0.2, -0.15) is 0 Å². The van der Waals surface area contributed by atoms with Crippen molar-refractivity contribution < 1.29 is 9.22 Å². The number of rotatable bonds is 12. The van der Waals surface area contributed by atoms with Gasteiger partial charge in [-0.25, -0.2) is 10.0 Å². The smallest absolute Gasteiger partial charge is 0.193 e. The maximum atomic E-state index is 6.47. The summed E-state index contributed by atoms with van der Waals surface area (Å²) < 4.78 is 7.53. The summed E-state index contributed by atoms with van der Waals surface area (Å²) in [7, 11) is 1.95. The minimum absolute atomic E-state index is 0.356. The van der Waals surface area contributed by atoms with Crippen molar-refractivity contribution in [3.05, 3.63) is 0 Å². The molecule has 0 bridgehead atoms. The average Bonchev–Trinajstić information content (AvgIpc) is 2.42. The van der Waals surface area contributed by atoms with Gasteiger partial charge in [0.25, 0.3) is 0 Å². The van der Waals surface area contributed by atoms with Gasteiger partial charge in [-0.1, -0.05) is 20.8 Å². The first kappa shape index (κ1) is 21.3. The molecule has 0 spiro atoms. The second-order valence-electron chi connectivity index (χ2n) is 7.29. The first-order valence-corrected chi connectivity index (χ1v) is 11.7. The predicted octanol–water partition coefficient (Wildman–Crippen LogP) is 4.87. The van der Waals surface area contributed by atoms with Crippen molar-refractivity contribution in [3.8, 4) is 0 Å². The van der Waals surface area contributed by atoms with Gasteiger partial charge in [-0.15, -0.1) is 0 Å². The molecule has 0 amide bonds. The fourth-order valence-electron chi connectivity index (χ4n) is 3.18. The fraction of sp³-hybridized carbons (Fsp3) is 1.00. The van der Waals surface area contributed by atoms with Crippen molar-refractivity contribution in [1.29, 1.82) is 0 Å². The van der Waals surface area contributed by atoms with Gasteiger partial charge in [-0.05, 0) is 57.1 Å². The van der Waals surface area contributed by atoms with E-state index in [-0.39, 0.29) is 0 Å². The minimum atomic E-state index is -0.406. The summed E-state index contributed by atoms with van der Waals surface area (Å²) in [4.78, 5) is 0. The Bertz CT molecular complexity index is 270. The third-order valence-electron chi connectivity index (χ3n) is 4.72. The van der Waals surface area contributed by atoms with Crippen LogP contribution >= 0.6 is 10.0 Å². The topological polar surface area (TPSA) is 9.23 Å². The van der Waals surface area contributed by atoms with Crippen LogP contribution in [-0.2, 0) is 4.74 Å². The van der Waals surface area contributed by atoms with Crippen molar-refractivity contribution >= 4 is 10.0 Å². The zero-order chi connectivity index (χ0) is 16.5. The molecule has 0 aromatic rings. The van der Waals surface area contributed by atoms with Gasteiger partial charge in [0.2, 0.25) is 0 Å². The van der Waals surface area contributed by atoms with E-state index in [0.29, 0.717) is 12.3 Å². The van der Waals surface area contributed by atoms with E-state index in [1.54, 1.807) is 0 Å². The molecule has 0 saturated heterocycles. The molecule has 3 atom stereocenters. The summed E-state index contributed by atoms with van der Waals surface area (Å²) in [6, 6.07) is 0. The number of hydrogen-bond acceptors (Lipinski definition) is 1. The van der Waals surface area contributed by atoms with Crippen LogP contribution in [0.5, 0.6) is 0 Å². The molecular weight excluding hydrogens is 278 g/mol. The first-order valence-electron chi connectivity index (χ1n) is 8.93. The van der Waals surface area contributed by atoms with Crippen molar-refractivity contribution in [3.63, 3.8) is 0 Å². The second kappa shape index (κ2) is 10.1. The van der Waals surface area contributed by atoms with E-state index in [1.165, 1.54) is 37.3 Å². The highest BCUT2D eigenvalue weighted by Crippen LogP contribution is 2.41. The summed E-state index contributed by atoms with van der Waals surface area (Å²) in [5, 5.41) is 0. The van der Waals surface area contributed by atoms with Crippen LogP contribution in [0.25, 0.3) is 0 Å². The van der Waals surface area contributed by atoms with Crippen molar-refractivity contribution in [2.45, 2.75) is 72.6 Å². The van der Waals surface area contributed by atoms with Crippen LogP contribution in [0.4, 0.5) is 0 Å². The van der Waals surface area contributed by atoms with E-state index in [0.717, 1.165) is 17.4 Å². The van der Waals surface area contributed by atoms with Crippen molar-refractivity contribution in [1.82, 2.24) is 0 Å². The zero-order valence-corrected chi connectivity index (χ0v) is 16.9. The molecule has 0 aromatic carbocycles. The molecule has 0 rings (SSSR count). The third-order valence-corrected chi connectivity index (χ3v) is 7.58. The standard InChI is InChI=1S/C18H42NOS/c1-9-14-19(6,12-4)18(11-3)20-17(5)13-16-21(7,8)15-10-2/h17-18H,9-16H2,1-8H3/q+1. The van der Waals surface area contributed by atoms with Gasteiger partial charge in [0.1, 0.15) is 0 Å². The molecule has 0 aromatic heterocycles. The third kappa shape index (κ3) is 7.90. The first-order chi connectivity index (χ1) is 9.74. The molecule has 0 fully saturated rings. The Balaban J connectivity index is 4.47. The van der Waals surface area contributed by atoms with Gasteiger partial charge in [-0.3, -0.25) is 0 Å². The number of quaternary nitrogens is 1. The molecule has 0 saturated carbocycles. The van der Waals surface area contributed by atoms with E-state index >= 15 is 0 Å². The average molecular weight is 321 g/mol. The SMILES string of the molecule is CCC[N+](C)(CC)C(CC)OC(C)CCS(C)(C)CCC. The molecule has 3 unspecified atom stereocenters. The number of ether oxygens (including phenoxy) is 1. The Kier molecular flexibility index (Phi) is 10.3. The quantitative estimate of drug-likeness (QED) is 0.368. The lowest BCUT2D eigenvalue weighted by Crippen LogP contribution is -2.54. The Hall–Kier alpha value is 0.270. The van der Waals surface area contributed by atoms with E-state index < -0.39 is 10.0 Å². The molecule has 21 heavy (non-hydrogen) atoms. The van der Waals surface area contributed by atoms with Gasteiger partial charge in [0, 0.05) is 6.42 Å². The molecule has 0 aliphatic carbocycles. The Morgan fingerprint density at radius 3 is 2.05 bits per heavy atom. The maximum absolute atomic E-state index is 6.47. The van der Waals surface area contributed by atoms with Crippen LogP contribution in [0, 0.1) is 0 Å². The second-order valence-corrected chi connectivity index (χ2v) is 11.6. The summed E-state index contributed by atoms with van der Waals surface area (Å²) in [6.45, 7) is 13.8. The molecule has 0 N–H and O–H groups in total. The lowest BCUT2D eigenvalue weighted by Gasteiger charge is -2.41. The molecular formula is C18H42NOS+. The molecule has 3 heteroatoms. The fourth-order valence-corrected chi connectivity index (χ4v) is 5.46. The largest absolute Gasteiger partial charge is 0.326 e. The van der Waals surface area contributed by atoms with Crippen LogP contribution in [0.15, 0.2) is 0 Å². The molecule has 0 radical (unpaired) electrons. The molecule has 0 aliphatic rings. The Labute approximate surface area is 136 Å². The molecule has 130 valence electrons. The van der Waals surface area contributed by atoms with Crippen molar-refractivity contribution in [2.24, 2.45) is 0 Å². The van der Waals surface area contributed by atoms with E-state index in [2.05, 4.69) is 54.2 Å². The van der Waals surface area contributed by atoms with E-state index in [4.69, 9.17) is 4.74 Å². The zero-order valence-electron chi connectivity index (χ0n) is 16.1. The maximum Gasteiger partial charge on any atom is 0.193 e. The lowest BCUT2D eigenvalue weighted by atomic mass is 10.2. The van der Waals surface area contributed by atoms with E-state index in [1.807, 2.05) is 0 Å². The summed E-state index contributed by atoms with van der Waals surface area (Å²) in [5.74, 6) is 2.75. The summed E-state index contributed by atoms with van der Waals surface area (Å²) in [6.07, 6.45) is 10.6. The summed E-state index contributed by atoms with van der Waals surface area (Å²) >= 11 is 0. The lowest BCUT2D eigenvalue weighted by molar-refractivity contribution is -0.954. The Morgan fingerprint density at radius 1 is 1.00 bits per heavy atom. The number of hydrogen-bond donors (Lipinski definition) is 0. The van der Waals surface area contributed by atoms with E-state index in [9.17, 15) is 0 Å².